The van der Waals surface area contributed by atoms with Gasteiger partial charge in [-0.2, -0.15) is 0 Å². The van der Waals surface area contributed by atoms with Crippen molar-refractivity contribution in [1.82, 2.24) is 14.8 Å². The zero-order chi connectivity index (χ0) is 13.9. The quantitative estimate of drug-likeness (QED) is 0.923. The maximum absolute atomic E-state index is 12.0. The van der Waals surface area contributed by atoms with E-state index in [1.54, 1.807) is 6.26 Å². The number of carbonyl (C=O) groups excluding carboxylic acids is 1. The SMILES string of the molecule is C[C@@H]1c2cccn2CCN1CC(=O)NCc1ccco1. The van der Waals surface area contributed by atoms with Crippen LogP contribution in [-0.4, -0.2) is 28.5 Å². The lowest BCUT2D eigenvalue weighted by Gasteiger charge is -2.34. The lowest BCUT2D eigenvalue weighted by atomic mass is 10.1. The number of rotatable bonds is 4. The standard InChI is InChI=1S/C15H19N3O2/c1-12-14-5-2-6-17(14)7-8-18(12)11-15(19)16-10-13-4-3-9-20-13/h2-6,9,12H,7-8,10-11H2,1H3,(H,16,19)/t12-/m1/s1. The van der Waals surface area contributed by atoms with Crippen LogP contribution in [0.1, 0.15) is 24.4 Å². The second-order valence-electron chi connectivity index (χ2n) is 5.13. The minimum Gasteiger partial charge on any atom is -0.467 e. The fourth-order valence-corrected chi connectivity index (χ4v) is 2.68. The molecule has 0 spiro atoms. The van der Waals surface area contributed by atoms with Crippen molar-refractivity contribution in [1.29, 1.82) is 0 Å². The normalized spacial score (nSPS) is 18.8. The molecule has 0 aliphatic carbocycles. The summed E-state index contributed by atoms with van der Waals surface area (Å²) in [6, 6.07) is 8.14. The van der Waals surface area contributed by atoms with Gasteiger partial charge in [-0.05, 0) is 31.2 Å². The molecule has 1 atom stereocenters. The highest BCUT2D eigenvalue weighted by Gasteiger charge is 2.24. The summed E-state index contributed by atoms with van der Waals surface area (Å²) in [7, 11) is 0. The van der Waals surface area contributed by atoms with E-state index in [1.807, 2.05) is 12.1 Å². The summed E-state index contributed by atoms with van der Waals surface area (Å²) in [5.41, 5.74) is 1.27. The molecular formula is C15H19N3O2. The molecule has 1 N–H and O–H groups in total. The Morgan fingerprint density at radius 2 is 2.30 bits per heavy atom. The largest absolute Gasteiger partial charge is 0.467 e. The van der Waals surface area contributed by atoms with Crippen molar-refractivity contribution in [3.8, 4) is 0 Å². The number of amides is 1. The summed E-state index contributed by atoms with van der Waals surface area (Å²) < 4.78 is 7.45. The van der Waals surface area contributed by atoms with Crippen LogP contribution in [0.3, 0.4) is 0 Å². The van der Waals surface area contributed by atoms with Gasteiger partial charge >= 0.3 is 0 Å². The molecule has 1 amide bonds. The molecule has 20 heavy (non-hydrogen) atoms. The van der Waals surface area contributed by atoms with Crippen molar-refractivity contribution in [2.45, 2.75) is 26.1 Å². The van der Waals surface area contributed by atoms with Crippen LogP contribution < -0.4 is 5.32 Å². The van der Waals surface area contributed by atoms with Gasteiger partial charge in [-0.3, -0.25) is 9.69 Å². The van der Waals surface area contributed by atoms with Crippen molar-refractivity contribution in [2.24, 2.45) is 0 Å². The zero-order valence-corrected chi connectivity index (χ0v) is 11.6. The van der Waals surface area contributed by atoms with E-state index in [4.69, 9.17) is 4.42 Å². The number of hydrogen-bond donors (Lipinski definition) is 1. The molecule has 0 fully saturated rings. The van der Waals surface area contributed by atoms with Crippen molar-refractivity contribution in [2.75, 3.05) is 13.1 Å². The van der Waals surface area contributed by atoms with E-state index in [9.17, 15) is 4.79 Å². The molecule has 3 heterocycles. The van der Waals surface area contributed by atoms with E-state index in [2.05, 4.69) is 40.0 Å². The van der Waals surface area contributed by atoms with Gasteiger partial charge in [0.1, 0.15) is 5.76 Å². The molecule has 0 radical (unpaired) electrons. The summed E-state index contributed by atoms with van der Waals surface area (Å²) >= 11 is 0. The maximum Gasteiger partial charge on any atom is 0.234 e. The summed E-state index contributed by atoms with van der Waals surface area (Å²) in [4.78, 5) is 14.2. The van der Waals surface area contributed by atoms with Crippen LogP contribution in [0.4, 0.5) is 0 Å². The second kappa shape index (κ2) is 5.54. The van der Waals surface area contributed by atoms with Gasteiger partial charge in [-0.1, -0.05) is 0 Å². The zero-order valence-electron chi connectivity index (χ0n) is 11.6. The Hall–Kier alpha value is -2.01. The smallest absolute Gasteiger partial charge is 0.234 e. The lowest BCUT2D eigenvalue weighted by molar-refractivity contribution is -0.123. The third kappa shape index (κ3) is 2.63. The van der Waals surface area contributed by atoms with Crippen LogP contribution in [0.5, 0.6) is 0 Å². The molecule has 1 aliphatic heterocycles. The average molecular weight is 273 g/mol. The third-order valence-corrected chi connectivity index (χ3v) is 3.86. The summed E-state index contributed by atoms with van der Waals surface area (Å²) in [6.45, 7) is 4.86. The predicted octanol–water partition coefficient (Wildman–Crippen LogP) is 1.77. The van der Waals surface area contributed by atoms with Gasteiger partial charge in [0.15, 0.2) is 0 Å². The number of nitrogens with zero attached hydrogens (tertiary/aromatic N) is 2. The molecule has 0 aromatic carbocycles. The van der Waals surface area contributed by atoms with Gasteiger partial charge in [-0.15, -0.1) is 0 Å². The molecule has 0 unspecified atom stereocenters. The fraction of sp³-hybridized carbons (Fsp3) is 0.400. The van der Waals surface area contributed by atoms with Crippen LogP contribution in [0.15, 0.2) is 41.1 Å². The highest BCUT2D eigenvalue weighted by molar-refractivity contribution is 5.78. The van der Waals surface area contributed by atoms with Crippen LogP contribution in [0.25, 0.3) is 0 Å². The first-order valence-corrected chi connectivity index (χ1v) is 6.92. The highest BCUT2D eigenvalue weighted by atomic mass is 16.3. The lowest BCUT2D eigenvalue weighted by Crippen LogP contribution is -2.42. The number of nitrogens with one attached hydrogen (secondary N) is 1. The van der Waals surface area contributed by atoms with Gasteiger partial charge in [0.05, 0.1) is 19.4 Å². The summed E-state index contributed by atoms with van der Waals surface area (Å²) in [6.07, 6.45) is 3.71. The van der Waals surface area contributed by atoms with Gasteiger partial charge in [0.25, 0.3) is 0 Å². The molecule has 5 heteroatoms. The monoisotopic (exact) mass is 273 g/mol. The number of furan rings is 1. The van der Waals surface area contributed by atoms with Crippen molar-refractivity contribution in [3.05, 3.63) is 48.2 Å². The first kappa shape index (κ1) is 13.0. The predicted molar refractivity (Wildman–Crippen MR) is 75.0 cm³/mol. The molecule has 2 aromatic rings. The molecular weight excluding hydrogens is 254 g/mol. The highest BCUT2D eigenvalue weighted by Crippen LogP contribution is 2.24. The molecule has 0 saturated heterocycles. The van der Waals surface area contributed by atoms with Crippen molar-refractivity contribution >= 4 is 5.91 Å². The molecule has 5 nitrogen and oxygen atoms in total. The molecule has 2 aromatic heterocycles. The number of fused-ring (bicyclic) bond motifs is 1. The second-order valence-corrected chi connectivity index (χ2v) is 5.13. The fourth-order valence-electron chi connectivity index (χ4n) is 2.68. The Morgan fingerprint density at radius 1 is 1.40 bits per heavy atom. The Balaban J connectivity index is 1.54. The van der Waals surface area contributed by atoms with E-state index < -0.39 is 0 Å². The Bertz CT molecular complexity index is 574. The first-order chi connectivity index (χ1) is 9.74. The van der Waals surface area contributed by atoms with Gasteiger partial charge in [-0.25, -0.2) is 0 Å². The third-order valence-electron chi connectivity index (χ3n) is 3.86. The van der Waals surface area contributed by atoms with Crippen LogP contribution in [0.2, 0.25) is 0 Å². The van der Waals surface area contributed by atoms with Gasteiger partial charge < -0.3 is 14.3 Å². The van der Waals surface area contributed by atoms with Crippen LogP contribution >= 0.6 is 0 Å². The maximum atomic E-state index is 12.0. The molecule has 0 bridgehead atoms. The summed E-state index contributed by atoms with van der Waals surface area (Å²) in [5.74, 6) is 0.812. The molecule has 106 valence electrons. The minimum atomic E-state index is 0.0354. The van der Waals surface area contributed by atoms with Crippen molar-refractivity contribution < 1.29 is 9.21 Å². The number of aromatic nitrogens is 1. The van der Waals surface area contributed by atoms with Gasteiger partial charge in [0.2, 0.25) is 5.91 Å². The van der Waals surface area contributed by atoms with E-state index in [0.29, 0.717) is 13.1 Å². The minimum absolute atomic E-state index is 0.0354. The Labute approximate surface area is 118 Å². The van der Waals surface area contributed by atoms with E-state index >= 15 is 0 Å². The number of carbonyl (C=O) groups is 1. The van der Waals surface area contributed by atoms with Gasteiger partial charge in [0, 0.05) is 31.0 Å². The Kier molecular flexibility index (Phi) is 3.60. The van der Waals surface area contributed by atoms with E-state index in [-0.39, 0.29) is 11.9 Å². The average Bonchev–Trinajstić information content (AvgIpc) is 3.10. The van der Waals surface area contributed by atoms with Crippen LogP contribution in [0, 0.1) is 0 Å². The van der Waals surface area contributed by atoms with Crippen LogP contribution in [-0.2, 0) is 17.9 Å². The topological polar surface area (TPSA) is 50.4 Å². The summed E-state index contributed by atoms with van der Waals surface area (Å²) in [5, 5.41) is 2.89. The Morgan fingerprint density at radius 3 is 3.10 bits per heavy atom. The molecule has 3 rings (SSSR count). The van der Waals surface area contributed by atoms with E-state index in [0.717, 1.165) is 18.8 Å². The molecule has 0 saturated carbocycles. The number of hydrogen-bond acceptors (Lipinski definition) is 3. The van der Waals surface area contributed by atoms with E-state index in [1.165, 1.54) is 5.69 Å². The molecule has 1 aliphatic rings. The van der Waals surface area contributed by atoms with Crippen molar-refractivity contribution in [3.63, 3.8) is 0 Å². The first-order valence-electron chi connectivity index (χ1n) is 6.92.